The molecule has 0 bridgehead atoms. The van der Waals surface area contributed by atoms with Crippen molar-refractivity contribution in [2.24, 2.45) is 11.7 Å². The van der Waals surface area contributed by atoms with Gasteiger partial charge in [0.25, 0.3) is 0 Å². The van der Waals surface area contributed by atoms with Gasteiger partial charge in [0, 0.05) is 13.1 Å². The van der Waals surface area contributed by atoms with Crippen molar-refractivity contribution in [3.63, 3.8) is 0 Å². The molecule has 1 rings (SSSR count). The molecule has 0 saturated carbocycles. The van der Waals surface area contributed by atoms with Gasteiger partial charge in [0.1, 0.15) is 5.82 Å². The van der Waals surface area contributed by atoms with Crippen molar-refractivity contribution >= 4 is 5.91 Å². The molecule has 18 heavy (non-hydrogen) atoms. The van der Waals surface area contributed by atoms with E-state index in [9.17, 15) is 9.18 Å². The van der Waals surface area contributed by atoms with Crippen LogP contribution in [0.4, 0.5) is 4.39 Å². The normalized spacial score (nSPS) is 12.2. The van der Waals surface area contributed by atoms with E-state index < -0.39 is 0 Å². The lowest BCUT2D eigenvalue weighted by molar-refractivity contribution is -0.124. The van der Waals surface area contributed by atoms with E-state index in [1.54, 1.807) is 6.07 Å². The van der Waals surface area contributed by atoms with Gasteiger partial charge in [-0.3, -0.25) is 4.79 Å². The molecule has 3 nitrogen and oxygen atoms in total. The van der Waals surface area contributed by atoms with Crippen LogP contribution in [-0.2, 0) is 11.2 Å². The SMILES string of the molecule is CCCNC(=O)C(CN)Cc1ccc(F)cc1C. The first kappa shape index (κ1) is 14.6. The van der Waals surface area contributed by atoms with E-state index in [1.165, 1.54) is 12.1 Å². The van der Waals surface area contributed by atoms with Crippen molar-refractivity contribution < 1.29 is 9.18 Å². The molecule has 1 aromatic carbocycles. The monoisotopic (exact) mass is 252 g/mol. The molecule has 0 fully saturated rings. The van der Waals surface area contributed by atoms with E-state index >= 15 is 0 Å². The third-order valence-corrected chi connectivity index (χ3v) is 2.98. The molecule has 1 aromatic rings. The van der Waals surface area contributed by atoms with Gasteiger partial charge < -0.3 is 11.1 Å². The maximum Gasteiger partial charge on any atom is 0.224 e. The van der Waals surface area contributed by atoms with Crippen LogP contribution >= 0.6 is 0 Å². The maximum absolute atomic E-state index is 13.0. The maximum atomic E-state index is 13.0. The minimum absolute atomic E-state index is 0.0249. The highest BCUT2D eigenvalue weighted by atomic mass is 19.1. The molecule has 0 aliphatic rings. The van der Waals surface area contributed by atoms with E-state index in [1.807, 2.05) is 13.8 Å². The number of amides is 1. The van der Waals surface area contributed by atoms with Crippen molar-refractivity contribution in [1.29, 1.82) is 0 Å². The number of hydrogen-bond donors (Lipinski definition) is 2. The second-order valence-electron chi connectivity index (χ2n) is 4.50. The Kier molecular flexibility index (Phi) is 5.78. The number of aryl methyl sites for hydroxylation is 1. The molecule has 0 aliphatic heterocycles. The minimum Gasteiger partial charge on any atom is -0.356 e. The average Bonchev–Trinajstić information content (AvgIpc) is 2.35. The van der Waals surface area contributed by atoms with Gasteiger partial charge in [-0.1, -0.05) is 13.0 Å². The fraction of sp³-hybridized carbons (Fsp3) is 0.500. The first-order valence-electron chi connectivity index (χ1n) is 6.31. The molecular formula is C14H21FN2O. The molecular weight excluding hydrogens is 231 g/mol. The number of carbonyl (C=O) groups excluding carboxylic acids is 1. The van der Waals surface area contributed by atoms with E-state index in [0.29, 0.717) is 19.5 Å². The van der Waals surface area contributed by atoms with Crippen molar-refractivity contribution in [2.75, 3.05) is 13.1 Å². The van der Waals surface area contributed by atoms with Crippen molar-refractivity contribution in [3.05, 3.63) is 35.1 Å². The summed E-state index contributed by atoms with van der Waals surface area (Å²) in [5, 5.41) is 2.84. The predicted octanol–water partition coefficient (Wildman–Crippen LogP) is 1.78. The van der Waals surface area contributed by atoms with Gasteiger partial charge >= 0.3 is 0 Å². The van der Waals surface area contributed by atoms with Crippen molar-refractivity contribution in [2.45, 2.75) is 26.7 Å². The van der Waals surface area contributed by atoms with Crippen LogP contribution in [0.25, 0.3) is 0 Å². The first-order chi connectivity index (χ1) is 8.58. The zero-order chi connectivity index (χ0) is 13.5. The molecule has 0 radical (unpaired) electrons. The van der Waals surface area contributed by atoms with Gasteiger partial charge in [0.2, 0.25) is 5.91 Å². The minimum atomic E-state index is -0.254. The highest BCUT2D eigenvalue weighted by molar-refractivity contribution is 5.79. The summed E-state index contributed by atoms with van der Waals surface area (Å²) < 4.78 is 13.0. The molecule has 1 atom stereocenters. The lowest BCUT2D eigenvalue weighted by Gasteiger charge is -2.16. The third-order valence-electron chi connectivity index (χ3n) is 2.98. The lowest BCUT2D eigenvalue weighted by Crippen LogP contribution is -2.36. The van der Waals surface area contributed by atoms with Crippen LogP contribution in [0, 0.1) is 18.7 Å². The Hall–Kier alpha value is -1.42. The molecule has 0 spiro atoms. The van der Waals surface area contributed by atoms with E-state index in [0.717, 1.165) is 17.5 Å². The molecule has 0 aliphatic carbocycles. The highest BCUT2D eigenvalue weighted by Crippen LogP contribution is 2.14. The molecule has 0 heterocycles. The number of nitrogens with one attached hydrogen (secondary N) is 1. The fourth-order valence-corrected chi connectivity index (χ4v) is 1.83. The number of rotatable bonds is 6. The zero-order valence-corrected chi connectivity index (χ0v) is 11.0. The summed E-state index contributed by atoms with van der Waals surface area (Å²) in [6, 6.07) is 4.62. The smallest absolute Gasteiger partial charge is 0.224 e. The van der Waals surface area contributed by atoms with Crippen molar-refractivity contribution in [1.82, 2.24) is 5.32 Å². The lowest BCUT2D eigenvalue weighted by atomic mass is 9.95. The number of benzene rings is 1. The Morgan fingerprint density at radius 2 is 2.22 bits per heavy atom. The number of hydrogen-bond acceptors (Lipinski definition) is 2. The van der Waals surface area contributed by atoms with Crippen molar-refractivity contribution in [3.8, 4) is 0 Å². The second-order valence-corrected chi connectivity index (χ2v) is 4.50. The van der Waals surface area contributed by atoms with Crippen LogP contribution in [0.2, 0.25) is 0 Å². The summed E-state index contributed by atoms with van der Waals surface area (Å²) in [5.74, 6) is -0.528. The molecule has 1 amide bonds. The topological polar surface area (TPSA) is 55.1 Å². The van der Waals surface area contributed by atoms with Crippen LogP contribution in [0.15, 0.2) is 18.2 Å². The Bertz CT molecular complexity index is 407. The Balaban J connectivity index is 2.70. The number of nitrogens with two attached hydrogens (primary N) is 1. The molecule has 100 valence electrons. The summed E-state index contributed by atoms with van der Waals surface area (Å²) in [7, 11) is 0. The van der Waals surface area contributed by atoms with Crippen LogP contribution in [0.1, 0.15) is 24.5 Å². The van der Waals surface area contributed by atoms with Gasteiger partial charge in [0.15, 0.2) is 0 Å². The summed E-state index contributed by atoms with van der Waals surface area (Å²) in [6.07, 6.45) is 1.46. The Morgan fingerprint density at radius 1 is 1.50 bits per heavy atom. The van der Waals surface area contributed by atoms with Gasteiger partial charge in [0.05, 0.1) is 5.92 Å². The van der Waals surface area contributed by atoms with E-state index in [4.69, 9.17) is 5.73 Å². The number of halogens is 1. The Morgan fingerprint density at radius 3 is 2.78 bits per heavy atom. The standard InChI is InChI=1S/C14H21FN2O/c1-3-6-17-14(18)12(9-16)8-11-4-5-13(15)7-10(11)2/h4-5,7,12H,3,6,8-9,16H2,1-2H3,(H,17,18). The Labute approximate surface area is 108 Å². The van der Waals surface area contributed by atoms with Gasteiger partial charge in [-0.2, -0.15) is 0 Å². The molecule has 4 heteroatoms. The summed E-state index contributed by atoms with van der Waals surface area (Å²) in [4.78, 5) is 11.9. The molecule has 3 N–H and O–H groups in total. The predicted molar refractivity (Wildman–Crippen MR) is 70.7 cm³/mol. The van der Waals surface area contributed by atoms with Crippen LogP contribution in [0.3, 0.4) is 0 Å². The molecule has 0 aromatic heterocycles. The number of carbonyl (C=O) groups is 1. The third kappa shape index (κ3) is 4.11. The summed E-state index contributed by atoms with van der Waals surface area (Å²) in [6.45, 7) is 4.81. The second kappa shape index (κ2) is 7.11. The molecule has 0 saturated heterocycles. The van der Waals surface area contributed by atoms with Crippen LogP contribution in [0.5, 0.6) is 0 Å². The van der Waals surface area contributed by atoms with E-state index in [-0.39, 0.29) is 17.6 Å². The van der Waals surface area contributed by atoms with Gasteiger partial charge in [-0.25, -0.2) is 4.39 Å². The summed E-state index contributed by atoms with van der Waals surface area (Å²) >= 11 is 0. The molecule has 1 unspecified atom stereocenters. The highest BCUT2D eigenvalue weighted by Gasteiger charge is 2.17. The largest absolute Gasteiger partial charge is 0.356 e. The van der Waals surface area contributed by atoms with Gasteiger partial charge in [-0.15, -0.1) is 0 Å². The average molecular weight is 252 g/mol. The first-order valence-corrected chi connectivity index (χ1v) is 6.31. The van der Waals surface area contributed by atoms with E-state index in [2.05, 4.69) is 5.32 Å². The van der Waals surface area contributed by atoms with Gasteiger partial charge in [-0.05, 0) is 43.0 Å². The summed E-state index contributed by atoms with van der Waals surface area (Å²) in [5.41, 5.74) is 7.47. The zero-order valence-electron chi connectivity index (χ0n) is 11.0. The van der Waals surface area contributed by atoms with Crippen LogP contribution < -0.4 is 11.1 Å². The quantitative estimate of drug-likeness (QED) is 0.811. The van der Waals surface area contributed by atoms with Crippen LogP contribution in [-0.4, -0.2) is 19.0 Å². The fourth-order valence-electron chi connectivity index (χ4n) is 1.83.